The van der Waals surface area contributed by atoms with Gasteiger partial charge in [0, 0.05) is 23.3 Å². The van der Waals surface area contributed by atoms with Crippen LogP contribution in [0.2, 0.25) is 0 Å². The Morgan fingerprint density at radius 3 is 1.63 bits per heavy atom. The van der Waals surface area contributed by atoms with Crippen molar-refractivity contribution in [3.8, 4) is 39.1 Å². The van der Waals surface area contributed by atoms with Crippen LogP contribution in [0.3, 0.4) is 0 Å². The quantitative estimate of drug-likeness (QED) is 0.0835. The monoisotopic (exact) mass is 644 g/mol. The van der Waals surface area contributed by atoms with Crippen molar-refractivity contribution in [1.29, 1.82) is 0 Å². The summed E-state index contributed by atoms with van der Waals surface area (Å²) in [6.07, 6.45) is -0.882. The van der Waals surface area contributed by atoms with Gasteiger partial charge in [0.2, 0.25) is 0 Å². The van der Waals surface area contributed by atoms with Crippen molar-refractivity contribution in [1.82, 2.24) is 0 Å². The predicted molar refractivity (Wildman–Crippen MR) is 157 cm³/mol. The van der Waals surface area contributed by atoms with Gasteiger partial charge < -0.3 is 4.74 Å². The molecule has 238 valence electrons. The fraction of sp³-hybridized carbons (Fsp3) is 0.167. The number of hydrogen-bond donors (Lipinski definition) is 0. The maximum Gasteiger partial charge on any atom is 0.432 e. The summed E-state index contributed by atoms with van der Waals surface area (Å²) in [4.78, 5) is 0. The van der Waals surface area contributed by atoms with Crippen molar-refractivity contribution in [2.45, 2.75) is 38.7 Å². The Labute approximate surface area is 258 Å². The van der Waals surface area contributed by atoms with E-state index in [0.29, 0.717) is 34.4 Å². The Morgan fingerprint density at radius 2 is 1.04 bits per heavy atom. The summed E-state index contributed by atoms with van der Waals surface area (Å²) in [7, 11) is 0. The molecule has 0 heterocycles. The molecule has 0 radical (unpaired) electrons. The Bertz CT molecular complexity index is 1840. The first-order chi connectivity index (χ1) is 21.9. The lowest BCUT2D eigenvalue weighted by atomic mass is 9.96. The van der Waals surface area contributed by atoms with Crippen LogP contribution < -0.4 is 4.74 Å². The number of unbranched alkanes of at least 4 members (excludes halogenated alkanes) is 2. The standard InChI is InChI=1S/C36H25F9O/c1-2-3-4-5-20-6-12-26(28(37)14-20)22-9-7-21(8-10-22)23-11-13-27(29(38)15-23)24-16-30(39)34(31(40)17-24)36(44,45)46-25-18-32(41)35(43)33(42)19-25/h6-19H,2-5H2,1H3. The SMILES string of the molecule is CCCCCc1ccc(-c2ccc(-c3ccc(-c4cc(F)c(C(F)(F)Oc5cc(F)c(F)c(F)c5)c(F)c4)c(F)c3)cc2)c(F)c1. The minimum atomic E-state index is -4.78. The molecule has 5 aromatic carbocycles. The second-order valence-electron chi connectivity index (χ2n) is 10.7. The Hall–Kier alpha value is -4.73. The highest BCUT2D eigenvalue weighted by Crippen LogP contribution is 2.38. The van der Waals surface area contributed by atoms with Crippen molar-refractivity contribution in [2.75, 3.05) is 0 Å². The van der Waals surface area contributed by atoms with E-state index in [4.69, 9.17) is 0 Å². The van der Waals surface area contributed by atoms with E-state index in [1.54, 1.807) is 30.3 Å². The molecule has 0 atom stereocenters. The van der Waals surface area contributed by atoms with Gasteiger partial charge in [-0.15, -0.1) is 0 Å². The second kappa shape index (κ2) is 13.3. The van der Waals surface area contributed by atoms with Crippen LogP contribution in [0.4, 0.5) is 39.5 Å². The smallest absolute Gasteiger partial charge is 0.429 e. The van der Waals surface area contributed by atoms with Crippen LogP contribution in [-0.4, -0.2) is 0 Å². The highest BCUT2D eigenvalue weighted by Gasteiger charge is 2.41. The molecule has 0 bridgehead atoms. The Balaban J connectivity index is 1.36. The fourth-order valence-corrected chi connectivity index (χ4v) is 5.10. The van der Waals surface area contributed by atoms with Gasteiger partial charge in [-0.05, 0) is 64.9 Å². The van der Waals surface area contributed by atoms with E-state index >= 15 is 4.39 Å². The first-order valence-corrected chi connectivity index (χ1v) is 14.3. The molecule has 0 saturated carbocycles. The lowest BCUT2D eigenvalue weighted by molar-refractivity contribution is -0.189. The van der Waals surface area contributed by atoms with Crippen LogP contribution in [0.1, 0.15) is 37.3 Å². The molecule has 0 aliphatic heterocycles. The van der Waals surface area contributed by atoms with Crippen molar-refractivity contribution >= 4 is 0 Å². The summed E-state index contributed by atoms with van der Waals surface area (Å²) >= 11 is 0. The number of halogens is 9. The molecule has 5 aromatic rings. The third-order valence-corrected chi connectivity index (χ3v) is 7.45. The molecule has 0 saturated heterocycles. The van der Waals surface area contributed by atoms with Crippen molar-refractivity contribution < 1.29 is 44.3 Å². The summed E-state index contributed by atoms with van der Waals surface area (Å²) in [5.74, 6) is -11.8. The van der Waals surface area contributed by atoms with Gasteiger partial charge in [0.15, 0.2) is 17.5 Å². The van der Waals surface area contributed by atoms with Crippen molar-refractivity contribution in [3.63, 3.8) is 0 Å². The predicted octanol–water partition coefficient (Wildman–Crippen LogP) is 11.5. The van der Waals surface area contributed by atoms with Gasteiger partial charge in [-0.3, -0.25) is 0 Å². The summed E-state index contributed by atoms with van der Waals surface area (Å²) < 4.78 is 133. The molecular weight excluding hydrogens is 619 g/mol. The lowest BCUT2D eigenvalue weighted by Crippen LogP contribution is -2.25. The number of alkyl halides is 2. The van der Waals surface area contributed by atoms with E-state index in [1.807, 2.05) is 6.07 Å². The molecule has 46 heavy (non-hydrogen) atoms. The molecular formula is C36H25F9O. The molecule has 0 spiro atoms. The first kappa shape index (κ1) is 32.7. The zero-order chi connectivity index (χ0) is 33.2. The summed E-state index contributed by atoms with van der Waals surface area (Å²) in [6, 6.07) is 16.6. The number of aryl methyl sites for hydroxylation is 1. The van der Waals surface area contributed by atoms with Gasteiger partial charge in [0.05, 0.1) is 0 Å². The molecule has 0 aliphatic carbocycles. The van der Waals surface area contributed by atoms with Crippen molar-refractivity contribution in [3.05, 3.63) is 137 Å². The lowest BCUT2D eigenvalue weighted by Gasteiger charge is -2.20. The third kappa shape index (κ3) is 6.90. The maximum absolute atomic E-state index is 15.2. The average molecular weight is 645 g/mol. The van der Waals surface area contributed by atoms with E-state index < -0.39 is 57.9 Å². The van der Waals surface area contributed by atoms with Gasteiger partial charge in [-0.1, -0.05) is 68.3 Å². The molecule has 5 rings (SSSR count). The highest BCUT2D eigenvalue weighted by atomic mass is 19.3. The zero-order valence-electron chi connectivity index (χ0n) is 24.2. The number of hydrogen-bond acceptors (Lipinski definition) is 1. The third-order valence-electron chi connectivity index (χ3n) is 7.45. The minimum absolute atomic E-state index is 0.0891. The minimum Gasteiger partial charge on any atom is -0.429 e. The molecule has 0 unspecified atom stereocenters. The van der Waals surface area contributed by atoms with Crippen molar-refractivity contribution in [2.24, 2.45) is 0 Å². The van der Waals surface area contributed by atoms with Crippen LogP contribution in [0, 0.1) is 40.7 Å². The normalized spacial score (nSPS) is 11.6. The molecule has 0 N–H and O–H groups in total. The summed E-state index contributed by atoms with van der Waals surface area (Å²) in [5, 5.41) is 0. The summed E-state index contributed by atoms with van der Waals surface area (Å²) in [6.45, 7) is 2.10. The van der Waals surface area contributed by atoms with E-state index in [1.165, 1.54) is 18.2 Å². The largest absolute Gasteiger partial charge is 0.432 e. The maximum atomic E-state index is 15.2. The number of ether oxygens (including phenoxy) is 1. The van der Waals surface area contributed by atoms with Gasteiger partial charge in [0.25, 0.3) is 0 Å². The molecule has 0 aliphatic rings. The molecule has 0 aromatic heterocycles. The average Bonchev–Trinajstić information content (AvgIpc) is 2.99. The molecule has 10 heteroatoms. The van der Waals surface area contributed by atoms with E-state index in [9.17, 15) is 35.1 Å². The molecule has 1 nitrogen and oxygen atoms in total. The van der Waals surface area contributed by atoms with E-state index in [2.05, 4.69) is 11.7 Å². The topological polar surface area (TPSA) is 9.23 Å². The van der Waals surface area contributed by atoms with E-state index in [-0.39, 0.29) is 23.5 Å². The first-order valence-electron chi connectivity index (χ1n) is 14.3. The number of rotatable bonds is 10. The highest BCUT2D eigenvalue weighted by molar-refractivity contribution is 5.74. The number of benzene rings is 5. The van der Waals surface area contributed by atoms with Gasteiger partial charge in [0.1, 0.15) is 34.6 Å². The van der Waals surface area contributed by atoms with Gasteiger partial charge in [-0.25, -0.2) is 30.7 Å². The Morgan fingerprint density at radius 1 is 0.522 bits per heavy atom. The summed E-state index contributed by atoms with van der Waals surface area (Å²) in [5.41, 5.74) is 0.254. The van der Waals surface area contributed by atoms with Crippen LogP contribution in [-0.2, 0) is 12.5 Å². The fourth-order valence-electron chi connectivity index (χ4n) is 5.10. The van der Waals surface area contributed by atoms with Crippen LogP contribution >= 0.6 is 0 Å². The molecule has 0 amide bonds. The second-order valence-corrected chi connectivity index (χ2v) is 10.7. The van der Waals surface area contributed by atoms with Gasteiger partial charge >= 0.3 is 6.11 Å². The Kier molecular flexibility index (Phi) is 9.46. The van der Waals surface area contributed by atoms with Crippen LogP contribution in [0.25, 0.3) is 33.4 Å². The van der Waals surface area contributed by atoms with E-state index in [0.717, 1.165) is 37.3 Å². The van der Waals surface area contributed by atoms with Crippen LogP contribution in [0.5, 0.6) is 5.75 Å². The zero-order valence-corrected chi connectivity index (χ0v) is 24.2. The van der Waals surface area contributed by atoms with Crippen LogP contribution in [0.15, 0.2) is 84.9 Å². The molecule has 0 fully saturated rings. The van der Waals surface area contributed by atoms with Gasteiger partial charge in [-0.2, -0.15) is 8.78 Å².